The van der Waals surface area contributed by atoms with Gasteiger partial charge in [0.2, 0.25) is 0 Å². The Morgan fingerprint density at radius 1 is 1.32 bits per heavy atom. The number of carbonyl (C=O) groups is 1. The number of nitrogens with two attached hydrogens (primary N) is 1. The molecule has 0 bridgehead atoms. The van der Waals surface area contributed by atoms with E-state index in [1.807, 2.05) is 35.2 Å². The van der Waals surface area contributed by atoms with Gasteiger partial charge in [-0.05, 0) is 25.0 Å². The van der Waals surface area contributed by atoms with E-state index >= 15 is 0 Å². The fraction of sp³-hybridized carbons (Fsp3) is 0.353. The molecular formula is C17H23ClN2O2. The van der Waals surface area contributed by atoms with Gasteiger partial charge in [0.05, 0.1) is 12.1 Å². The second-order valence-electron chi connectivity index (χ2n) is 5.18. The molecule has 1 amide bonds. The van der Waals surface area contributed by atoms with Crippen molar-refractivity contribution in [3.63, 3.8) is 0 Å². The SMILES string of the molecule is CCC(C)N(Cc1ccccc1)C(=O)c1coc(CN)c1.Cl. The Morgan fingerprint density at radius 2 is 2.00 bits per heavy atom. The molecule has 0 fully saturated rings. The fourth-order valence-corrected chi connectivity index (χ4v) is 2.19. The number of amides is 1. The minimum Gasteiger partial charge on any atom is -0.467 e. The summed E-state index contributed by atoms with van der Waals surface area (Å²) < 4.78 is 5.28. The van der Waals surface area contributed by atoms with Crippen LogP contribution < -0.4 is 5.73 Å². The molecule has 0 saturated carbocycles. The highest BCUT2D eigenvalue weighted by molar-refractivity contribution is 5.94. The Bertz CT molecular complexity index is 583. The average Bonchev–Trinajstić information content (AvgIpc) is 3.01. The van der Waals surface area contributed by atoms with Gasteiger partial charge in [-0.2, -0.15) is 0 Å². The molecule has 120 valence electrons. The predicted molar refractivity (Wildman–Crippen MR) is 89.9 cm³/mol. The zero-order valence-corrected chi connectivity index (χ0v) is 13.8. The van der Waals surface area contributed by atoms with Crippen LogP contribution in [0.2, 0.25) is 0 Å². The summed E-state index contributed by atoms with van der Waals surface area (Å²) >= 11 is 0. The molecule has 1 aromatic heterocycles. The van der Waals surface area contributed by atoms with Crippen molar-refractivity contribution in [2.75, 3.05) is 0 Å². The molecule has 2 N–H and O–H groups in total. The first-order valence-electron chi connectivity index (χ1n) is 7.28. The highest BCUT2D eigenvalue weighted by atomic mass is 35.5. The van der Waals surface area contributed by atoms with Crippen LogP contribution in [0.25, 0.3) is 0 Å². The van der Waals surface area contributed by atoms with E-state index in [4.69, 9.17) is 10.2 Å². The third kappa shape index (κ3) is 4.36. The zero-order chi connectivity index (χ0) is 15.2. The van der Waals surface area contributed by atoms with E-state index in [0.717, 1.165) is 12.0 Å². The Balaban J connectivity index is 0.00000242. The lowest BCUT2D eigenvalue weighted by molar-refractivity contribution is 0.0671. The molecular weight excluding hydrogens is 300 g/mol. The molecule has 1 atom stereocenters. The van der Waals surface area contributed by atoms with Crippen LogP contribution in [0, 0.1) is 0 Å². The molecule has 1 unspecified atom stereocenters. The van der Waals surface area contributed by atoms with Gasteiger partial charge < -0.3 is 15.1 Å². The van der Waals surface area contributed by atoms with Crippen molar-refractivity contribution in [3.8, 4) is 0 Å². The molecule has 2 aromatic rings. The number of carbonyl (C=O) groups excluding carboxylic acids is 1. The number of rotatable bonds is 6. The summed E-state index contributed by atoms with van der Waals surface area (Å²) in [7, 11) is 0. The Kier molecular flexibility index (Phi) is 7.15. The smallest absolute Gasteiger partial charge is 0.257 e. The number of hydrogen-bond acceptors (Lipinski definition) is 3. The summed E-state index contributed by atoms with van der Waals surface area (Å²) in [6.07, 6.45) is 2.39. The monoisotopic (exact) mass is 322 g/mol. The van der Waals surface area contributed by atoms with Gasteiger partial charge in [-0.3, -0.25) is 4.79 Å². The Hall–Kier alpha value is -1.78. The van der Waals surface area contributed by atoms with Gasteiger partial charge in [0, 0.05) is 12.6 Å². The molecule has 0 spiro atoms. The van der Waals surface area contributed by atoms with E-state index in [0.29, 0.717) is 24.4 Å². The van der Waals surface area contributed by atoms with Crippen LogP contribution in [0.5, 0.6) is 0 Å². The second-order valence-corrected chi connectivity index (χ2v) is 5.18. The van der Waals surface area contributed by atoms with Crippen molar-refractivity contribution in [2.24, 2.45) is 5.73 Å². The highest BCUT2D eigenvalue weighted by Gasteiger charge is 2.22. The largest absolute Gasteiger partial charge is 0.467 e. The average molecular weight is 323 g/mol. The van der Waals surface area contributed by atoms with Gasteiger partial charge in [0.25, 0.3) is 5.91 Å². The van der Waals surface area contributed by atoms with Crippen molar-refractivity contribution in [1.29, 1.82) is 0 Å². The zero-order valence-electron chi connectivity index (χ0n) is 13.0. The summed E-state index contributed by atoms with van der Waals surface area (Å²) in [6.45, 7) is 5.04. The lowest BCUT2D eigenvalue weighted by Gasteiger charge is -2.28. The summed E-state index contributed by atoms with van der Waals surface area (Å²) in [6, 6.07) is 11.9. The molecule has 0 aliphatic heterocycles. The lowest BCUT2D eigenvalue weighted by Crippen LogP contribution is -2.37. The van der Waals surface area contributed by atoms with Gasteiger partial charge in [-0.25, -0.2) is 0 Å². The van der Waals surface area contributed by atoms with Crippen LogP contribution in [0.1, 0.15) is 41.9 Å². The number of hydrogen-bond donors (Lipinski definition) is 1. The van der Waals surface area contributed by atoms with Crippen molar-refractivity contribution in [2.45, 2.75) is 39.4 Å². The summed E-state index contributed by atoms with van der Waals surface area (Å²) in [5, 5.41) is 0. The lowest BCUT2D eigenvalue weighted by atomic mass is 10.1. The topological polar surface area (TPSA) is 59.5 Å². The first-order chi connectivity index (χ1) is 10.2. The van der Waals surface area contributed by atoms with Crippen LogP contribution in [-0.4, -0.2) is 16.8 Å². The van der Waals surface area contributed by atoms with Gasteiger partial charge in [0.15, 0.2) is 0 Å². The normalized spacial score (nSPS) is 11.6. The Morgan fingerprint density at radius 3 is 2.55 bits per heavy atom. The van der Waals surface area contributed by atoms with E-state index in [2.05, 4.69) is 13.8 Å². The highest BCUT2D eigenvalue weighted by Crippen LogP contribution is 2.17. The quantitative estimate of drug-likeness (QED) is 0.884. The van der Waals surface area contributed by atoms with Crippen molar-refractivity contribution in [3.05, 3.63) is 59.5 Å². The number of nitrogens with zero attached hydrogens (tertiary/aromatic N) is 1. The maximum absolute atomic E-state index is 12.7. The number of furan rings is 1. The molecule has 4 nitrogen and oxygen atoms in total. The second kappa shape index (κ2) is 8.61. The predicted octanol–water partition coefficient (Wildman–Crippen LogP) is 3.60. The fourth-order valence-electron chi connectivity index (χ4n) is 2.19. The maximum Gasteiger partial charge on any atom is 0.257 e. The van der Waals surface area contributed by atoms with Gasteiger partial charge in [-0.15, -0.1) is 12.4 Å². The summed E-state index contributed by atoms with van der Waals surface area (Å²) in [5.41, 5.74) is 7.21. The number of halogens is 1. The van der Waals surface area contributed by atoms with Crippen LogP contribution in [-0.2, 0) is 13.1 Å². The molecule has 22 heavy (non-hydrogen) atoms. The minimum atomic E-state index is -0.0170. The molecule has 0 radical (unpaired) electrons. The van der Waals surface area contributed by atoms with Crippen molar-refractivity contribution >= 4 is 18.3 Å². The van der Waals surface area contributed by atoms with Crippen LogP contribution in [0.15, 0.2) is 47.1 Å². The molecule has 5 heteroatoms. The van der Waals surface area contributed by atoms with Crippen LogP contribution >= 0.6 is 12.4 Å². The molecule has 1 aromatic carbocycles. The van der Waals surface area contributed by atoms with Gasteiger partial charge in [0.1, 0.15) is 12.0 Å². The van der Waals surface area contributed by atoms with Crippen molar-refractivity contribution < 1.29 is 9.21 Å². The standard InChI is InChI=1S/C17H22N2O2.ClH/c1-3-13(2)19(11-14-7-5-4-6-8-14)17(20)15-9-16(10-18)21-12-15;/h4-9,12-13H,3,10-11,18H2,1-2H3;1H. The number of benzene rings is 1. The third-order valence-corrected chi connectivity index (χ3v) is 3.68. The minimum absolute atomic E-state index is 0. The van der Waals surface area contributed by atoms with E-state index in [1.165, 1.54) is 6.26 Å². The van der Waals surface area contributed by atoms with Crippen LogP contribution in [0.4, 0.5) is 0 Å². The first-order valence-corrected chi connectivity index (χ1v) is 7.28. The third-order valence-electron chi connectivity index (χ3n) is 3.68. The van der Waals surface area contributed by atoms with E-state index in [1.54, 1.807) is 6.07 Å². The Labute approximate surface area is 137 Å². The van der Waals surface area contributed by atoms with E-state index < -0.39 is 0 Å². The van der Waals surface area contributed by atoms with E-state index in [-0.39, 0.29) is 24.4 Å². The molecule has 0 aliphatic carbocycles. The van der Waals surface area contributed by atoms with E-state index in [9.17, 15) is 4.79 Å². The summed E-state index contributed by atoms with van der Waals surface area (Å²) in [5.74, 6) is 0.610. The van der Waals surface area contributed by atoms with Crippen molar-refractivity contribution in [1.82, 2.24) is 4.90 Å². The van der Waals surface area contributed by atoms with Gasteiger partial charge in [-0.1, -0.05) is 37.3 Å². The summed E-state index contributed by atoms with van der Waals surface area (Å²) in [4.78, 5) is 14.6. The van der Waals surface area contributed by atoms with Gasteiger partial charge >= 0.3 is 0 Å². The molecule has 1 heterocycles. The first kappa shape index (κ1) is 18.3. The molecule has 2 rings (SSSR count). The molecule has 0 saturated heterocycles. The maximum atomic E-state index is 12.7. The molecule has 0 aliphatic rings. The van der Waals surface area contributed by atoms with Crippen LogP contribution in [0.3, 0.4) is 0 Å².